The standard InChI is InChI=1S/C35H46BN7O3S/c1-7-27(33-37-16-9-17-40(33)4)34(45)38-29-21-43(39-32(29)28-20-26(47-6)10-11-30(28)46-24(3)36)22-31(44)42-18-12-25(13-19-42)41(5)23-35(8-2)14-15-35/h7-11,16-17,20-21,24-25H,1-2,12-15,18-19,22-23,36H2,3-6H3,(H,38,45)/b33-27+. The average Bonchev–Trinajstić information content (AvgIpc) is 3.73. The highest BCUT2D eigenvalue weighted by Gasteiger charge is 2.41. The molecule has 2 aromatic rings. The number of likely N-dealkylation sites (tertiary alicyclic amines) is 1. The molecule has 12 heteroatoms. The summed E-state index contributed by atoms with van der Waals surface area (Å²) in [6, 6.07) is 6.30. The van der Waals surface area contributed by atoms with Gasteiger partial charge in [-0.15, -0.1) is 18.3 Å². The van der Waals surface area contributed by atoms with Crippen LogP contribution in [0.3, 0.4) is 0 Å². The van der Waals surface area contributed by atoms with E-state index in [9.17, 15) is 9.59 Å². The second-order valence-electron chi connectivity index (χ2n) is 12.8. The molecule has 3 aliphatic rings. The first kappa shape index (κ1) is 34.3. The Morgan fingerprint density at radius 1 is 1.28 bits per heavy atom. The third-order valence-corrected chi connectivity index (χ3v) is 9.78. The molecular formula is C35H46BN7O3S. The maximum atomic E-state index is 13.7. The van der Waals surface area contributed by atoms with Crippen LogP contribution in [0.2, 0.25) is 0 Å². The highest BCUT2D eigenvalue weighted by molar-refractivity contribution is 7.98. The van der Waals surface area contributed by atoms with Gasteiger partial charge in [-0.25, -0.2) is 4.99 Å². The molecule has 1 unspecified atom stereocenters. The summed E-state index contributed by atoms with van der Waals surface area (Å²) in [7, 11) is 5.98. The number of ether oxygens (including phenoxy) is 1. The van der Waals surface area contributed by atoms with E-state index < -0.39 is 0 Å². The summed E-state index contributed by atoms with van der Waals surface area (Å²) in [6.07, 6.45) is 16.9. The molecule has 2 fully saturated rings. The van der Waals surface area contributed by atoms with E-state index >= 15 is 0 Å². The molecule has 248 valence electrons. The summed E-state index contributed by atoms with van der Waals surface area (Å²) in [6.45, 7) is 12.4. The number of hydrogen-bond acceptors (Lipinski definition) is 8. The number of amides is 2. The van der Waals surface area contributed by atoms with Crippen LogP contribution in [0.5, 0.6) is 5.75 Å². The van der Waals surface area contributed by atoms with E-state index in [1.165, 1.54) is 18.9 Å². The lowest BCUT2D eigenvalue weighted by molar-refractivity contribution is -0.133. The van der Waals surface area contributed by atoms with Gasteiger partial charge in [0.2, 0.25) is 5.91 Å². The second-order valence-corrected chi connectivity index (χ2v) is 13.7. The molecule has 1 aromatic heterocycles. The Bertz CT molecular complexity index is 1600. The van der Waals surface area contributed by atoms with Crippen molar-refractivity contribution in [2.45, 2.75) is 56.1 Å². The van der Waals surface area contributed by atoms with Crippen molar-refractivity contribution in [2.75, 3.05) is 45.3 Å². The Morgan fingerprint density at radius 2 is 2.02 bits per heavy atom. The summed E-state index contributed by atoms with van der Waals surface area (Å²) in [5.41, 5.74) is 2.30. The predicted octanol–water partition coefficient (Wildman–Crippen LogP) is 4.38. The third-order valence-electron chi connectivity index (χ3n) is 9.06. The number of carbonyl (C=O) groups is 2. The highest BCUT2D eigenvalue weighted by Crippen LogP contribution is 2.47. The van der Waals surface area contributed by atoms with Crippen molar-refractivity contribution in [1.29, 1.82) is 0 Å². The summed E-state index contributed by atoms with van der Waals surface area (Å²) >= 11 is 1.60. The number of anilines is 1. The van der Waals surface area contributed by atoms with Crippen LogP contribution in [0.25, 0.3) is 11.3 Å². The zero-order chi connectivity index (χ0) is 33.7. The van der Waals surface area contributed by atoms with Crippen molar-refractivity contribution in [1.82, 2.24) is 24.5 Å². The molecule has 2 aliphatic heterocycles. The van der Waals surface area contributed by atoms with E-state index in [-0.39, 0.29) is 29.8 Å². The average molecular weight is 656 g/mol. The smallest absolute Gasteiger partial charge is 0.259 e. The minimum atomic E-state index is -0.385. The van der Waals surface area contributed by atoms with E-state index in [1.807, 2.05) is 57.4 Å². The lowest BCUT2D eigenvalue weighted by Crippen LogP contribution is -2.47. The zero-order valence-corrected chi connectivity index (χ0v) is 29.1. The molecule has 10 nitrogen and oxygen atoms in total. The predicted molar refractivity (Wildman–Crippen MR) is 193 cm³/mol. The molecule has 5 rings (SSSR count). The Hall–Kier alpha value is -4.03. The van der Waals surface area contributed by atoms with Crippen molar-refractivity contribution in [3.8, 4) is 17.0 Å². The van der Waals surface area contributed by atoms with E-state index in [4.69, 9.17) is 9.84 Å². The molecule has 1 saturated heterocycles. The number of nitrogens with zero attached hydrogens (tertiary/aromatic N) is 6. The van der Waals surface area contributed by atoms with E-state index in [0.717, 1.165) is 29.8 Å². The number of thioether (sulfide) groups is 1. The second kappa shape index (κ2) is 14.8. The fourth-order valence-electron chi connectivity index (χ4n) is 6.16. The van der Waals surface area contributed by atoms with Gasteiger partial charge in [0, 0.05) is 67.2 Å². The Balaban J connectivity index is 1.39. The van der Waals surface area contributed by atoms with Crippen LogP contribution in [-0.4, -0.2) is 102 Å². The number of aromatic nitrogens is 2. The normalized spacial score (nSPS) is 19.0. The van der Waals surface area contributed by atoms with Gasteiger partial charge in [0.05, 0.1) is 17.3 Å². The lowest BCUT2D eigenvalue weighted by Gasteiger charge is -2.38. The molecular weight excluding hydrogens is 609 g/mol. The summed E-state index contributed by atoms with van der Waals surface area (Å²) < 4.78 is 7.80. The van der Waals surface area contributed by atoms with Crippen molar-refractivity contribution in [3.63, 3.8) is 0 Å². The SMILES string of the molecule is BC(C)Oc1ccc(SC)cc1-c1nn(CC(=O)N2CCC(N(C)CC3(C=C)CC3)CC2)cc1NC(=O)/C(C=C)=C1\N=CC=CN1C. The van der Waals surface area contributed by atoms with Crippen molar-refractivity contribution < 1.29 is 14.3 Å². The highest BCUT2D eigenvalue weighted by atomic mass is 32.2. The van der Waals surface area contributed by atoms with Gasteiger partial charge in [0.25, 0.3) is 5.91 Å². The first-order valence-corrected chi connectivity index (χ1v) is 17.4. The summed E-state index contributed by atoms with van der Waals surface area (Å²) in [4.78, 5) is 38.9. The van der Waals surface area contributed by atoms with Crippen LogP contribution in [0.15, 0.2) is 83.3 Å². The molecule has 0 bridgehead atoms. The molecule has 3 heterocycles. The van der Waals surface area contributed by atoms with Gasteiger partial charge in [0.15, 0.2) is 7.85 Å². The molecule has 0 radical (unpaired) electrons. The lowest BCUT2D eigenvalue weighted by atomic mass is 10.0. The first-order chi connectivity index (χ1) is 22.6. The number of benzene rings is 1. The van der Waals surface area contributed by atoms with Crippen molar-refractivity contribution in [3.05, 3.63) is 73.4 Å². The largest absolute Gasteiger partial charge is 0.499 e. The number of aliphatic imine (C=N–C) groups is 1. The fraction of sp³-hybridized carbons (Fsp3) is 0.429. The number of rotatable bonds is 13. The quantitative estimate of drug-likeness (QED) is 0.148. The molecule has 1 saturated carbocycles. The van der Waals surface area contributed by atoms with Crippen LogP contribution in [0.4, 0.5) is 5.69 Å². The van der Waals surface area contributed by atoms with Gasteiger partial charge >= 0.3 is 0 Å². The molecule has 1 aliphatic carbocycles. The van der Waals surface area contributed by atoms with Gasteiger partial charge in [-0.3, -0.25) is 14.3 Å². The van der Waals surface area contributed by atoms with Gasteiger partial charge in [-0.05, 0) is 70.2 Å². The summed E-state index contributed by atoms with van der Waals surface area (Å²) in [5.74, 6) is 0.732. The molecule has 47 heavy (non-hydrogen) atoms. The maximum Gasteiger partial charge on any atom is 0.259 e. The molecule has 1 atom stereocenters. The molecule has 2 amide bonds. The van der Waals surface area contributed by atoms with E-state index in [1.54, 1.807) is 39.8 Å². The van der Waals surface area contributed by atoms with Crippen LogP contribution in [0.1, 0.15) is 32.6 Å². The molecule has 0 spiro atoms. The maximum absolute atomic E-state index is 13.7. The number of piperidine rings is 1. The van der Waals surface area contributed by atoms with E-state index in [2.05, 4.69) is 41.5 Å². The monoisotopic (exact) mass is 655 g/mol. The third kappa shape index (κ3) is 8.10. The van der Waals surface area contributed by atoms with Crippen molar-refractivity contribution in [2.24, 2.45) is 10.4 Å². The number of carbonyl (C=O) groups excluding carboxylic acids is 2. The zero-order valence-electron chi connectivity index (χ0n) is 28.2. The van der Waals surface area contributed by atoms with Gasteiger partial charge in [-0.1, -0.05) is 18.7 Å². The Labute approximate surface area is 283 Å². The number of allylic oxidation sites excluding steroid dienone is 1. The van der Waals surface area contributed by atoms with Crippen LogP contribution < -0.4 is 10.1 Å². The number of hydrogen-bond donors (Lipinski definition) is 1. The fourth-order valence-corrected chi connectivity index (χ4v) is 6.60. The van der Waals surface area contributed by atoms with Gasteiger partial charge in [-0.2, -0.15) is 5.10 Å². The minimum Gasteiger partial charge on any atom is -0.499 e. The van der Waals surface area contributed by atoms with E-state index in [0.29, 0.717) is 47.7 Å². The van der Waals surface area contributed by atoms with Crippen molar-refractivity contribution >= 4 is 43.3 Å². The van der Waals surface area contributed by atoms with Crippen LogP contribution in [-0.2, 0) is 16.1 Å². The van der Waals surface area contributed by atoms with Gasteiger partial charge in [0.1, 0.15) is 23.8 Å². The molecule has 1 N–H and O–H groups in total. The molecule has 1 aromatic carbocycles. The van der Waals surface area contributed by atoms with Crippen LogP contribution >= 0.6 is 11.8 Å². The first-order valence-electron chi connectivity index (χ1n) is 16.2. The topological polar surface area (TPSA) is 95.3 Å². The van der Waals surface area contributed by atoms with Crippen LogP contribution in [0, 0.1) is 5.41 Å². The number of nitrogens with one attached hydrogen (secondary N) is 1. The minimum absolute atomic E-state index is 0.00171. The summed E-state index contributed by atoms with van der Waals surface area (Å²) in [5, 5.41) is 7.92. The van der Waals surface area contributed by atoms with Gasteiger partial charge < -0.3 is 24.8 Å². The Kier molecular flexibility index (Phi) is 10.8. The Morgan fingerprint density at radius 3 is 2.64 bits per heavy atom.